The Kier molecular flexibility index (Phi) is 3.97. The van der Waals surface area contributed by atoms with Crippen LogP contribution in [0.25, 0.3) is 0 Å². The van der Waals surface area contributed by atoms with Gasteiger partial charge in [0.05, 0.1) is 16.9 Å². The second-order valence-corrected chi connectivity index (χ2v) is 6.35. The van der Waals surface area contributed by atoms with Gasteiger partial charge >= 0.3 is 11.7 Å². The maximum atomic E-state index is 11.7. The van der Waals surface area contributed by atoms with E-state index in [1.807, 2.05) is 30.3 Å². The fourth-order valence-electron chi connectivity index (χ4n) is 2.93. The Hall–Kier alpha value is -2.89. The van der Waals surface area contributed by atoms with Crippen LogP contribution < -0.4 is 9.47 Å². The molecule has 2 aromatic carbocycles. The van der Waals surface area contributed by atoms with Gasteiger partial charge in [-0.3, -0.25) is 14.9 Å². The zero-order valence-corrected chi connectivity index (χ0v) is 13.4. The van der Waals surface area contributed by atoms with Crippen molar-refractivity contribution in [3.8, 4) is 11.5 Å². The van der Waals surface area contributed by atoms with E-state index >= 15 is 0 Å². The quantitative estimate of drug-likeness (QED) is 0.370. The third kappa shape index (κ3) is 2.95. The molecule has 1 aliphatic rings. The number of rotatable bonds is 4. The minimum atomic E-state index is -0.695. The molecular weight excluding hydrogens is 310 g/mol. The van der Waals surface area contributed by atoms with Gasteiger partial charge in [-0.25, -0.2) is 0 Å². The van der Waals surface area contributed by atoms with Crippen molar-refractivity contribution in [2.24, 2.45) is 0 Å². The van der Waals surface area contributed by atoms with Crippen molar-refractivity contribution >= 4 is 11.7 Å². The molecule has 3 rings (SSSR count). The van der Waals surface area contributed by atoms with E-state index in [1.54, 1.807) is 19.9 Å². The highest BCUT2D eigenvalue weighted by Gasteiger charge is 2.41. The molecule has 1 aliphatic heterocycles. The molecule has 0 bridgehead atoms. The highest BCUT2D eigenvalue weighted by molar-refractivity contribution is 5.80. The third-order valence-electron chi connectivity index (χ3n) is 4.01. The van der Waals surface area contributed by atoms with Gasteiger partial charge in [-0.15, -0.1) is 0 Å². The lowest BCUT2D eigenvalue weighted by Gasteiger charge is -2.30. The van der Waals surface area contributed by atoms with Gasteiger partial charge in [-0.2, -0.15) is 0 Å². The summed E-state index contributed by atoms with van der Waals surface area (Å²) in [5.41, 5.74) is 0.480. The molecule has 0 radical (unpaired) electrons. The van der Waals surface area contributed by atoms with Crippen molar-refractivity contribution in [1.29, 1.82) is 0 Å². The first-order chi connectivity index (χ1) is 11.4. The molecule has 124 valence electrons. The van der Waals surface area contributed by atoms with Crippen LogP contribution in [0.3, 0.4) is 0 Å². The Bertz CT molecular complexity index is 799. The molecule has 0 spiro atoms. The van der Waals surface area contributed by atoms with E-state index in [2.05, 4.69) is 0 Å². The van der Waals surface area contributed by atoms with Crippen molar-refractivity contribution < 1.29 is 19.2 Å². The molecule has 2 aromatic rings. The molecule has 6 nitrogen and oxygen atoms in total. The molecule has 24 heavy (non-hydrogen) atoms. The number of hydrogen-bond donors (Lipinski definition) is 0. The molecule has 0 amide bonds. The molecule has 1 heterocycles. The Morgan fingerprint density at radius 3 is 2.58 bits per heavy atom. The van der Waals surface area contributed by atoms with Gasteiger partial charge in [0.25, 0.3) is 0 Å². The fraction of sp³-hybridized carbons (Fsp3) is 0.278. The maximum Gasteiger partial charge on any atom is 0.318 e. The van der Waals surface area contributed by atoms with Crippen LogP contribution in [0.4, 0.5) is 5.69 Å². The Labute approximate surface area is 139 Å². The molecule has 0 aromatic heterocycles. The summed E-state index contributed by atoms with van der Waals surface area (Å²) in [6.45, 7) is 3.81. The zero-order valence-electron chi connectivity index (χ0n) is 13.4. The lowest BCUT2D eigenvalue weighted by molar-refractivity contribution is -0.387. The first-order valence-corrected chi connectivity index (χ1v) is 7.58. The van der Waals surface area contributed by atoms with E-state index in [0.717, 1.165) is 5.56 Å². The number of ether oxygens (including phenoxy) is 2. The predicted molar refractivity (Wildman–Crippen MR) is 87.1 cm³/mol. The van der Waals surface area contributed by atoms with Gasteiger partial charge in [-0.1, -0.05) is 44.2 Å². The smallest absolute Gasteiger partial charge is 0.318 e. The standard InChI is InChI=1S/C18H17NO5/c1-18(2)10-15(20)24-13-8-9-14(17(16(13)18)19(21)22)23-11-12-6-4-3-5-7-12/h3-9H,10-11H2,1-2H3. The van der Waals surface area contributed by atoms with Crippen LogP contribution in [-0.4, -0.2) is 10.9 Å². The third-order valence-corrected chi connectivity index (χ3v) is 4.01. The number of nitro benzene ring substituents is 1. The van der Waals surface area contributed by atoms with Crippen molar-refractivity contribution in [3.63, 3.8) is 0 Å². The SMILES string of the molecule is CC1(C)CC(=O)Oc2ccc(OCc3ccccc3)c([N+](=O)[O-])c21. The van der Waals surface area contributed by atoms with Crippen LogP contribution in [0, 0.1) is 10.1 Å². The summed E-state index contributed by atoms with van der Waals surface area (Å²) in [5.74, 6) is 0.0170. The van der Waals surface area contributed by atoms with Crippen LogP contribution in [0.15, 0.2) is 42.5 Å². The lowest BCUT2D eigenvalue weighted by Crippen LogP contribution is -2.31. The summed E-state index contributed by atoms with van der Waals surface area (Å²) >= 11 is 0. The second kappa shape index (κ2) is 5.96. The topological polar surface area (TPSA) is 78.7 Å². The number of fused-ring (bicyclic) bond motifs is 1. The number of carbonyl (C=O) groups excluding carboxylic acids is 1. The molecule has 0 saturated carbocycles. The number of nitrogens with zero attached hydrogens (tertiary/aromatic N) is 1. The molecule has 6 heteroatoms. The van der Waals surface area contributed by atoms with Gasteiger partial charge in [0.1, 0.15) is 12.4 Å². The van der Waals surface area contributed by atoms with Crippen LogP contribution in [-0.2, 0) is 16.8 Å². The van der Waals surface area contributed by atoms with Crippen molar-refractivity contribution in [2.45, 2.75) is 32.3 Å². The first-order valence-electron chi connectivity index (χ1n) is 7.58. The average molecular weight is 327 g/mol. The summed E-state index contributed by atoms with van der Waals surface area (Å²) in [6.07, 6.45) is 0.0863. The van der Waals surface area contributed by atoms with Gasteiger partial charge in [-0.05, 0) is 17.7 Å². The molecule has 0 aliphatic carbocycles. The lowest BCUT2D eigenvalue weighted by atomic mass is 9.78. The Balaban J connectivity index is 2.02. The van der Waals surface area contributed by atoms with Crippen molar-refractivity contribution in [1.82, 2.24) is 0 Å². The van der Waals surface area contributed by atoms with Crippen molar-refractivity contribution in [3.05, 3.63) is 63.7 Å². The summed E-state index contributed by atoms with van der Waals surface area (Å²) < 4.78 is 10.9. The van der Waals surface area contributed by atoms with E-state index in [4.69, 9.17) is 9.47 Å². The molecule has 0 atom stereocenters. The summed E-state index contributed by atoms with van der Waals surface area (Å²) in [4.78, 5) is 22.9. The van der Waals surface area contributed by atoms with Crippen LogP contribution >= 0.6 is 0 Å². The fourth-order valence-corrected chi connectivity index (χ4v) is 2.93. The van der Waals surface area contributed by atoms with E-state index in [-0.39, 0.29) is 36.2 Å². The number of esters is 1. The highest BCUT2D eigenvalue weighted by atomic mass is 16.6. The minimum absolute atomic E-state index is 0.0863. The van der Waals surface area contributed by atoms with Crippen molar-refractivity contribution in [2.75, 3.05) is 0 Å². The van der Waals surface area contributed by atoms with Gasteiger partial charge in [0, 0.05) is 5.41 Å². The molecular formula is C18H17NO5. The molecule has 0 fully saturated rings. The van der Waals surface area contributed by atoms with Crippen LogP contribution in [0.5, 0.6) is 11.5 Å². The largest absolute Gasteiger partial charge is 0.482 e. The number of hydrogen-bond acceptors (Lipinski definition) is 5. The van der Waals surface area contributed by atoms with Crippen LogP contribution in [0.1, 0.15) is 31.4 Å². The number of carbonyl (C=O) groups is 1. The first kappa shape index (κ1) is 16.0. The summed E-state index contributed by atoms with van der Waals surface area (Å²) in [5, 5.41) is 11.7. The van der Waals surface area contributed by atoms with E-state index in [1.165, 1.54) is 6.07 Å². The highest BCUT2D eigenvalue weighted by Crippen LogP contribution is 2.48. The number of benzene rings is 2. The van der Waals surface area contributed by atoms with Crippen LogP contribution in [0.2, 0.25) is 0 Å². The Morgan fingerprint density at radius 2 is 1.92 bits per heavy atom. The van der Waals surface area contributed by atoms with Gasteiger partial charge in [0.15, 0.2) is 5.75 Å². The molecule has 0 saturated heterocycles. The van der Waals surface area contributed by atoms with E-state index in [0.29, 0.717) is 5.56 Å². The number of nitro groups is 1. The van der Waals surface area contributed by atoms with E-state index in [9.17, 15) is 14.9 Å². The monoisotopic (exact) mass is 327 g/mol. The summed E-state index contributed by atoms with van der Waals surface area (Å²) in [7, 11) is 0. The minimum Gasteiger partial charge on any atom is -0.482 e. The second-order valence-electron chi connectivity index (χ2n) is 6.35. The molecule has 0 N–H and O–H groups in total. The predicted octanol–water partition coefficient (Wildman–Crippen LogP) is 3.76. The van der Waals surface area contributed by atoms with Gasteiger partial charge in [0.2, 0.25) is 0 Å². The molecule has 0 unspecified atom stereocenters. The zero-order chi connectivity index (χ0) is 17.3. The maximum absolute atomic E-state index is 11.7. The summed E-state index contributed by atoms with van der Waals surface area (Å²) in [6, 6.07) is 12.5. The van der Waals surface area contributed by atoms with E-state index < -0.39 is 10.3 Å². The van der Waals surface area contributed by atoms with Gasteiger partial charge < -0.3 is 9.47 Å². The average Bonchev–Trinajstić information content (AvgIpc) is 2.52. The normalized spacial score (nSPS) is 15.3. The Morgan fingerprint density at radius 1 is 1.21 bits per heavy atom.